The Morgan fingerprint density at radius 2 is 1.86 bits per heavy atom. The molecule has 3 rings (SSSR count). The summed E-state index contributed by atoms with van der Waals surface area (Å²) in [4.78, 5) is 14.3. The van der Waals surface area contributed by atoms with Gasteiger partial charge < -0.3 is 4.90 Å². The first-order chi connectivity index (χ1) is 10.2. The highest BCUT2D eigenvalue weighted by Crippen LogP contribution is 2.32. The van der Waals surface area contributed by atoms with E-state index in [0.29, 0.717) is 0 Å². The molecule has 0 saturated carbocycles. The van der Waals surface area contributed by atoms with E-state index in [4.69, 9.17) is 0 Å². The van der Waals surface area contributed by atoms with E-state index in [0.717, 1.165) is 24.1 Å². The first kappa shape index (κ1) is 13.6. The topological polar surface area (TPSA) is 20.3 Å². The van der Waals surface area contributed by atoms with Crippen molar-refractivity contribution >= 4 is 17.0 Å². The lowest BCUT2D eigenvalue weighted by molar-refractivity contribution is -0.111. The molecule has 0 aromatic heterocycles. The molecule has 1 aliphatic heterocycles. The van der Waals surface area contributed by atoms with E-state index < -0.39 is 0 Å². The quantitative estimate of drug-likeness (QED) is 0.791. The summed E-state index contributed by atoms with van der Waals surface area (Å²) >= 11 is 0. The lowest BCUT2D eigenvalue weighted by Gasteiger charge is -2.18. The van der Waals surface area contributed by atoms with E-state index in [-0.39, 0.29) is 5.78 Å². The van der Waals surface area contributed by atoms with Crippen molar-refractivity contribution in [1.82, 2.24) is 0 Å². The van der Waals surface area contributed by atoms with Crippen LogP contribution in [0.4, 0.5) is 5.69 Å². The molecule has 0 bridgehead atoms. The molecule has 0 fully saturated rings. The van der Waals surface area contributed by atoms with Crippen molar-refractivity contribution in [3.8, 4) is 0 Å². The molecule has 1 heterocycles. The molecule has 2 aromatic carbocycles. The van der Waals surface area contributed by atoms with Crippen LogP contribution in [0, 0.1) is 6.92 Å². The van der Waals surface area contributed by atoms with Gasteiger partial charge in [0.25, 0.3) is 0 Å². The number of anilines is 1. The summed E-state index contributed by atoms with van der Waals surface area (Å²) in [5.74, 6) is 0.100. The number of aryl methyl sites for hydroxylation is 1. The fourth-order valence-corrected chi connectivity index (χ4v) is 2.96. The minimum Gasteiger partial charge on any atom is -0.346 e. The number of hydrogen-bond acceptors (Lipinski definition) is 2. The van der Waals surface area contributed by atoms with Gasteiger partial charge in [-0.25, -0.2) is 0 Å². The Morgan fingerprint density at radius 1 is 1.10 bits per heavy atom. The molecule has 0 amide bonds. The van der Waals surface area contributed by atoms with Gasteiger partial charge in [-0.15, -0.1) is 0 Å². The van der Waals surface area contributed by atoms with Crippen molar-refractivity contribution < 1.29 is 4.79 Å². The van der Waals surface area contributed by atoms with Crippen LogP contribution in [0.15, 0.2) is 54.7 Å². The zero-order valence-corrected chi connectivity index (χ0v) is 12.5. The molecule has 0 aliphatic carbocycles. The van der Waals surface area contributed by atoms with Crippen LogP contribution >= 0.6 is 0 Å². The average Bonchev–Trinajstić information content (AvgIpc) is 2.90. The highest BCUT2D eigenvalue weighted by molar-refractivity contribution is 6.19. The number of hydrogen-bond donors (Lipinski definition) is 0. The molecule has 1 aliphatic rings. The van der Waals surface area contributed by atoms with Crippen molar-refractivity contribution in [3.63, 3.8) is 0 Å². The fraction of sp³-hybridized carbons (Fsp3) is 0.211. The second-order valence-corrected chi connectivity index (χ2v) is 5.49. The van der Waals surface area contributed by atoms with Crippen molar-refractivity contribution in [2.24, 2.45) is 0 Å². The van der Waals surface area contributed by atoms with Gasteiger partial charge in [-0.05, 0) is 37.0 Å². The SMILES string of the molecule is CC(=O)/C(=C\N1CCc2cccc(C)c21)c1ccccc1. The van der Waals surface area contributed by atoms with Gasteiger partial charge in [0.05, 0.1) is 0 Å². The summed E-state index contributed by atoms with van der Waals surface area (Å²) in [5.41, 5.74) is 5.63. The molecule has 106 valence electrons. The van der Waals surface area contributed by atoms with Crippen molar-refractivity contribution in [2.45, 2.75) is 20.3 Å². The lowest BCUT2D eigenvalue weighted by atomic mass is 10.0. The molecule has 21 heavy (non-hydrogen) atoms. The molecule has 2 aromatic rings. The standard InChI is InChI=1S/C19H19NO/c1-14-7-6-10-17-11-12-20(19(14)17)13-18(15(2)21)16-8-4-3-5-9-16/h3-10,13H,11-12H2,1-2H3/b18-13+. The second-order valence-electron chi connectivity index (χ2n) is 5.49. The number of carbonyl (C=O) groups is 1. The number of carbonyl (C=O) groups excluding carboxylic acids is 1. The lowest BCUT2D eigenvalue weighted by Crippen LogP contribution is -2.15. The Bertz CT molecular complexity index is 701. The summed E-state index contributed by atoms with van der Waals surface area (Å²) < 4.78 is 0. The number of nitrogens with zero attached hydrogens (tertiary/aromatic N) is 1. The summed E-state index contributed by atoms with van der Waals surface area (Å²) in [5, 5.41) is 0. The van der Waals surface area contributed by atoms with E-state index in [1.54, 1.807) is 6.92 Å². The minimum atomic E-state index is 0.100. The predicted octanol–water partition coefficient (Wildman–Crippen LogP) is 3.99. The molecule has 0 unspecified atom stereocenters. The third-order valence-corrected chi connectivity index (χ3v) is 3.98. The van der Waals surface area contributed by atoms with Crippen molar-refractivity contribution in [1.29, 1.82) is 0 Å². The first-order valence-electron chi connectivity index (χ1n) is 7.30. The van der Waals surface area contributed by atoms with E-state index in [1.807, 2.05) is 36.5 Å². The zero-order valence-electron chi connectivity index (χ0n) is 12.5. The summed E-state index contributed by atoms with van der Waals surface area (Å²) in [6, 6.07) is 16.3. The highest BCUT2D eigenvalue weighted by atomic mass is 16.1. The molecule has 0 N–H and O–H groups in total. The fourth-order valence-electron chi connectivity index (χ4n) is 2.96. The number of benzene rings is 2. The van der Waals surface area contributed by atoms with Crippen LogP contribution in [0.2, 0.25) is 0 Å². The van der Waals surface area contributed by atoms with Gasteiger partial charge in [0.2, 0.25) is 0 Å². The molecule has 2 heteroatoms. The van der Waals surface area contributed by atoms with Crippen LogP contribution in [0.5, 0.6) is 0 Å². The molecule has 0 radical (unpaired) electrons. The Morgan fingerprint density at radius 3 is 2.57 bits per heavy atom. The van der Waals surface area contributed by atoms with Gasteiger partial charge in [0.15, 0.2) is 5.78 Å². The van der Waals surface area contributed by atoms with E-state index in [9.17, 15) is 4.79 Å². The number of rotatable bonds is 3. The van der Waals surface area contributed by atoms with Crippen LogP contribution in [-0.2, 0) is 11.2 Å². The largest absolute Gasteiger partial charge is 0.346 e. The predicted molar refractivity (Wildman–Crippen MR) is 87.3 cm³/mol. The third kappa shape index (κ3) is 2.62. The summed E-state index contributed by atoms with van der Waals surface area (Å²) in [6.07, 6.45) is 3.05. The Balaban J connectivity index is 2.04. The normalized spacial score (nSPS) is 14.2. The van der Waals surface area contributed by atoms with Gasteiger partial charge >= 0.3 is 0 Å². The van der Waals surface area contributed by atoms with E-state index in [1.165, 1.54) is 16.8 Å². The average molecular weight is 277 g/mol. The van der Waals surface area contributed by atoms with Crippen LogP contribution in [0.25, 0.3) is 5.57 Å². The monoisotopic (exact) mass is 277 g/mol. The molecular formula is C19H19NO. The maximum Gasteiger partial charge on any atom is 0.161 e. The smallest absolute Gasteiger partial charge is 0.161 e. The molecular weight excluding hydrogens is 258 g/mol. The van der Waals surface area contributed by atoms with E-state index >= 15 is 0 Å². The molecule has 0 atom stereocenters. The summed E-state index contributed by atoms with van der Waals surface area (Å²) in [6.45, 7) is 4.69. The van der Waals surface area contributed by atoms with Crippen molar-refractivity contribution in [2.75, 3.05) is 11.4 Å². The third-order valence-electron chi connectivity index (χ3n) is 3.98. The maximum absolute atomic E-state index is 12.0. The number of fused-ring (bicyclic) bond motifs is 1. The van der Waals surface area contributed by atoms with Crippen LogP contribution in [-0.4, -0.2) is 12.3 Å². The number of ketones is 1. The van der Waals surface area contributed by atoms with Crippen LogP contribution < -0.4 is 4.90 Å². The minimum absolute atomic E-state index is 0.100. The Kier molecular flexibility index (Phi) is 3.61. The number of Topliss-reactive ketones (excluding diaryl/α,β-unsaturated/α-hetero) is 1. The second kappa shape index (κ2) is 5.57. The van der Waals surface area contributed by atoms with Gasteiger partial charge in [-0.3, -0.25) is 4.79 Å². The number of para-hydroxylation sites is 1. The van der Waals surface area contributed by atoms with Gasteiger partial charge in [-0.1, -0.05) is 48.5 Å². The number of allylic oxidation sites excluding steroid dienone is 1. The maximum atomic E-state index is 12.0. The van der Waals surface area contributed by atoms with E-state index in [2.05, 4.69) is 30.0 Å². The van der Waals surface area contributed by atoms with Gasteiger partial charge in [0.1, 0.15) is 0 Å². The Labute approximate surface area is 125 Å². The van der Waals surface area contributed by atoms with Crippen LogP contribution in [0.1, 0.15) is 23.6 Å². The van der Waals surface area contributed by atoms with Gasteiger partial charge in [0, 0.05) is 24.0 Å². The van der Waals surface area contributed by atoms with Crippen molar-refractivity contribution in [3.05, 3.63) is 71.4 Å². The summed E-state index contributed by atoms with van der Waals surface area (Å²) in [7, 11) is 0. The molecule has 0 spiro atoms. The Hall–Kier alpha value is -2.35. The molecule has 2 nitrogen and oxygen atoms in total. The van der Waals surface area contributed by atoms with Gasteiger partial charge in [-0.2, -0.15) is 0 Å². The van der Waals surface area contributed by atoms with Crippen LogP contribution in [0.3, 0.4) is 0 Å². The zero-order chi connectivity index (χ0) is 14.8. The molecule has 0 saturated heterocycles. The first-order valence-corrected chi connectivity index (χ1v) is 7.30. The highest BCUT2D eigenvalue weighted by Gasteiger charge is 2.20.